The van der Waals surface area contributed by atoms with E-state index in [4.69, 9.17) is 0 Å². The number of H-pyrrole nitrogens is 1. The van der Waals surface area contributed by atoms with E-state index in [2.05, 4.69) is 9.97 Å². The monoisotopic (exact) mass is 304 g/mol. The molecule has 0 fully saturated rings. The van der Waals surface area contributed by atoms with Crippen molar-refractivity contribution in [1.82, 2.24) is 9.97 Å². The lowest BCUT2D eigenvalue weighted by molar-refractivity contribution is 0.0693. The zero-order valence-electron chi connectivity index (χ0n) is 11.8. The first kappa shape index (κ1) is 15.3. The quantitative estimate of drug-likeness (QED) is 0.830. The Kier molecular flexibility index (Phi) is 4.80. The Labute approximate surface area is 126 Å². The molecule has 110 valence electrons. The van der Waals surface area contributed by atoms with Crippen LogP contribution in [0.15, 0.2) is 39.1 Å². The van der Waals surface area contributed by atoms with E-state index >= 15 is 0 Å². The smallest absolute Gasteiger partial charge is 0.336 e. The summed E-state index contributed by atoms with van der Waals surface area (Å²) >= 11 is 1.16. The lowest BCUT2D eigenvalue weighted by Crippen LogP contribution is -2.10. The molecule has 0 amide bonds. The van der Waals surface area contributed by atoms with Crippen molar-refractivity contribution in [3.8, 4) is 0 Å². The number of carboxylic acid groups (broad SMARTS) is 1. The van der Waals surface area contributed by atoms with Gasteiger partial charge in [-0.2, -0.15) is 0 Å². The van der Waals surface area contributed by atoms with E-state index in [1.165, 1.54) is 6.07 Å². The van der Waals surface area contributed by atoms with Crippen LogP contribution in [0.25, 0.3) is 0 Å². The summed E-state index contributed by atoms with van der Waals surface area (Å²) < 4.78 is 0. The summed E-state index contributed by atoms with van der Waals surface area (Å²) in [7, 11) is 0. The number of aromatic amines is 1. The molecule has 0 aliphatic rings. The van der Waals surface area contributed by atoms with Gasteiger partial charge < -0.3 is 10.1 Å². The van der Waals surface area contributed by atoms with E-state index in [-0.39, 0.29) is 11.1 Å². The van der Waals surface area contributed by atoms with Gasteiger partial charge in [-0.15, -0.1) is 0 Å². The molecule has 1 heterocycles. The molecule has 6 heteroatoms. The molecule has 2 N–H and O–H groups in total. The second-order valence-electron chi connectivity index (χ2n) is 4.70. The predicted molar refractivity (Wildman–Crippen MR) is 81.1 cm³/mol. The maximum atomic E-state index is 11.6. The topological polar surface area (TPSA) is 83.0 Å². The Morgan fingerprint density at radius 2 is 2.14 bits per heavy atom. The molecule has 5 nitrogen and oxygen atoms in total. The number of carboxylic acids is 1. The van der Waals surface area contributed by atoms with Crippen LogP contribution in [0.5, 0.6) is 0 Å². The molecule has 21 heavy (non-hydrogen) atoms. The van der Waals surface area contributed by atoms with Crippen LogP contribution in [-0.4, -0.2) is 21.0 Å². The molecule has 0 saturated carbocycles. The van der Waals surface area contributed by atoms with Gasteiger partial charge in [0.2, 0.25) is 0 Å². The zero-order chi connectivity index (χ0) is 15.4. The van der Waals surface area contributed by atoms with Crippen molar-refractivity contribution >= 4 is 17.7 Å². The summed E-state index contributed by atoms with van der Waals surface area (Å²) in [5.41, 5.74) is 1.58. The molecule has 0 bridgehead atoms. The number of aromatic nitrogens is 2. The summed E-state index contributed by atoms with van der Waals surface area (Å²) in [5.74, 6) is -0.992. The van der Waals surface area contributed by atoms with Gasteiger partial charge in [-0.3, -0.25) is 4.79 Å². The molecule has 1 aromatic carbocycles. The minimum Gasteiger partial charge on any atom is -0.478 e. The predicted octanol–water partition coefficient (Wildman–Crippen LogP) is 2.88. The van der Waals surface area contributed by atoms with Crippen molar-refractivity contribution in [2.45, 2.75) is 36.7 Å². The molecule has 0 atom stereocenters. The minimum atomic E-state index is -0.992. The third kappa shape index (κ3) is 3.95. The van der Waals surface area contributed by atoms with Gasteiger partial charge in [0, 0.05) is 16.7 Å². The summed E-state index contributed by atoms with van der Waals surface area (Å²) in [5, 5.41) is 9.67. The highest BCUT2D eigenvalue weighted by Gasteiger charge is 2.13. The molecule has 0 radical (unpaired) electrons. The first-order chi connectivity index (χ1) is 9.99. The number of hydrogen-bond donors (Lipinski definition) is 2. The Morgan fingerprint density at radius 3 is 2.81 bits per heavy atom. The van der Waals surface area contributed by atoms with Crippen molar-refractivity contribution in [3.63, 3.8) is 0 Å². The number of carbonyl (C=O) groups is 1. The fraction of sp³-hybridized carbons (Fsp3) is 0.267. The van der Waals surface area contributed by atoms with Gasteiger partial charge in [0.15, 0.2) is 5.16 Å². The van der Waals surface area contributed by atoms with Crippen LogP contribution in [0.2, 0.25) is 0 Å². The lowest BCUT2D eigenvalue weighted by atomic mass is 10.1. The highest BCUT2D eigenvalue weighted by Crippen LogP contribution is 2.28. The third-order valence-corrected chi connectivity index (χ3v) is 3.81. The number of benzene rings is 1. The molecular weight excluding hydrogens is 288 g/mol. The minimum absolute atomic E-state index is 0.212. The van der Waals surface area contributed by atoms with E-state index < -0.39 is 5.97 Å². The SMILES string of the molecule is CCCc1cc(=O)[nH]c(Sc2ccc(C)cc2C(=O)O)n1. The molecule has 1 aromatic heterocycles. The van der Waals surface area contributed by atoms with E-state index in [9.17, 15) is 14.7 Å². The van der Waals surface area contributed by atoms with Crippen LogP contribution in [-0.2, 0) is 6.42 Å². The van der Waals surface area contributed by atoms with Crippen molar-refractivity contribution in [1.29, 1.82) is 0 Å². The van der Waals surface area contributed by atoms with Crippen LogP contribution in [0, 0.1) is 6.92 Å². The number of aryl methyl sites for hydroxylation is 2. The summed E-state index contributed by atoms with van der Waals surface area (Å²) in [6.45, 7) is 3.85. The molecule has 0 saturated heterocycles. The van der Waals surface area contributed by atoms with E-state index in [1.807, 2.05) is 19.9 Å². The van der Waals surface area contributed by atoms with E-state index in [0.717, 1.165) is 30.2 Å². The van der Waals surface area contributed by atoms with Gasteiger partial charge in [-0.25, -0.2) is 9.78 Å². The largest absolute Gasteiger partial charge is 0.478 e. The van der Waals surface area contributed by atoms with Gasteiger partial charge in [0.25, 0.3) is 5.56 Å². The van der Waals surface area contributed by atoms with Crippen molar-refractivity contribution in [2.75, 3.05) is 0 Å². The van der Waals surface area contributed by atoms with Crippen LogP contribution in [0.4, 0.5) is 0 Å². The van der Waals surface area contributed by atoms with Crippen LogP contribution < -0.4 is 5.56 Å². The molecule has 0 aliphatic heterocycles. The van der Waals surface area contributed by atoms with Crippen molar-refractivity contribution in [2.24, 2.45) is 0 Å². The maximum absolute atomic E-state index is 11.6. The van der Waals surface area contributed by atoms with Gasteiger partial charge in [0.1, 0.15) is 0 Å². The van der Waals surface area contributed by atoms with Gasteiger partial charge in [0.05, 0.1) is 5.56 Å². The van der Waals surface area contributed by atoms with E-state index in [0.29, 0.717) is 15.7 Å². The Balaban J connectivity index is 2.38. The standard InChI is InChI=1S/C15H16N2O3S/c1-3-4-10-8-13(18)17-15(16-10)21-12-6-5-9(2)7-11(12)14(19)20/h5-8H,3-4H2,1-2H3,(H,19,20)(H,16,17,18). The Morgan fingerprint density at radius 1 is 1.38 bits per heavy atom. The summed E-state index contributed by atoms with van der Waals surface area (Å²) in [6.07, 6.45) is 1.61. The zero-order valence-corrected chi connectivity index (χ0v) is 12.7. The van der Waals surface area contributed by atoms with Crippen molar-refractivity contribution < 1.29 is 9.90 Å². The molecular formula is C15H16N2O3S. The average Bonchev–Trinajstić information content (AvgIpc) is 2.40. The molecule has 2 aromatic rings. The van der Waals surface area contributed by atoms with Gasteiger partial charge >= 0.3 is 5.97 Å². The number of aromatic carboxylic acids is 1. The van der Waals surface area contributed by atoms with Gasteiger partial charge in [-0.1, -0.05) is 36.7 Å². The molecule has 2 rings (SSSR count). The third-order valence-electron chi connectivity index (χ3n) is 2.85. The average molecular weight is 304 g/mol. The second kappa shape index (κ2) is 6.58. The van der Waals surface area contributed by atoms with Crippen LogP contribution in [0.1, 0.15) is 35.0 Å². The number of nitrogens with one attached hydrogen (secondary N) is 1. The highest BCUT2D eigenvalue weighted by atomic mass is 32.2. The Bertz CT molecular complexity index is 725. The van der Waals surface area contributed by atoms with Crippen LogP contribution >= 0.6 is 11.8 Å². The Hall–Kier alpha value is -2.08. The molecule has 0 aliphatic carbocycles. The highest BCUT2D eigenvalue weighted by molar-refractivity contribution is 7.99. The second-order valence-corrected chi connectivity index (χ2v) is 5.73. The summed E-state index contributed by atoms with van der Waals surface area (Å²) in [4.78, 5) is 30.5. The van der Waals surface area contributed by atoms with Gasteiger partial charge in [-0.05, 0) is 25.5 Å². The maximum Gasteiger partial charge on any atom is 0.336 e. The van der Waals surface area contributed by atoms with E-state index in [1.54, 1.807) is 12.1 Å². The number of rotatable bonds is 5. The first-order valence-corrected chi connectivity index (χ1v) is 7.43. The first-order valence-electron chi connectivity index (χ1n) is 6.61. The number of nitrogens with zero attached hydrogens (tertiary/aromatic N) is 1. The fourth-order valence-corrected chi connectivity index (χ4v) is 2.84. The van der Waals surface area contributed by atoms with Crippen molar-refractivity contribution in [3.05, 3.63) is 51.4 Å². The fourth-order valence-electron chi connectivity index (χ4n) is 1.92. The lowest BCUT2D eigenvalue weighted by Gasteiger charge is -2.07. The molecule has 0 spiro atoms. The normalized spacial score (nSPS) is 10.6. The van der Waals surface area contributed by atoms with Crippen LogP contribution in [0.3, 0.4) is 0 Å². The number of hydrogen-bond acceptors (Lipinski definition) is 4. The molecule has 0 unspecified atom stereocenters. The summed E-state index contributed by atoms with van der Waals surface area (Å²) in [6, 6.07) is 6.65.